The fraction of sp³-hybridized carbons (Fsp3) is 0.231. The van der Waals surface area contributed by atoms with Gasteiger partial charge < -0.3 is 5.32 Å². The summed E-state index contributed by atoms with van der Waals surface area (Å²) >= 11 is 13.7. The molecule has 0 aliphatic carbocycles. The van der Waals surface area contributed by atoms with Gasteiger partial charge in [0.1, 0.15) is 4.90 Å². The Bertz CT molecular complexity index is 716. The van der Waals surface area contributed by atoms with E-state index in [0.29, 0.717) is 22.8 Å². The Morgan fingerprint density at radius 3 is 2.62 bits per heavy atom. The maximum atomic E-state index is 12.4. The van der Waals surface area contributed by atoms with Gasteiger partial charge in [0.2, 0.25) is 0 Å². The predicted molar refractivity (Wildman–Crippen MR) is 89.0 cm³/mol. The average molecular weight is 365 g/mol. The minimum atomic E-state index is -3.74. The topological polar surface area (TPSA) is 58.2 Å². The number of benzene rings is 1. The van der Waals surface area contributed by atoms with Crippen molar-refractivity contribution in [2.24, 2.45) is 0 Å². The van der Waals surface area contributed by atoms with Gasteiger partial charge >= 0.3 is 0 Å². The van der Waals surface area contributed by atoms with Crippen LogP contribution in [0.3, 0.4) is 0 Å². The molecule has 8 heteroatoms. The van der Waals surface area contributed by atoms with Crippen LogP contribution in [-0.4, -0.2) is 15.0 Å². The van der Waals surface area contributed by atoms with Crippen molar-refractivity contribution in [1.29, 1.82) is 0 Å². The number of rotatable bonds is 6. The Labute approximate surface area is 138 Å². The van der Waals surface area contributed by atoms with Gasteiger partial charge in [-0.1, -0.05) is 30.1 Å². The lowest BCUT2D eigenvalue weighted by molar-refractivity contribution is 0.601. The molecule has 1 aromatic carbocycles. The minimum absolute atomic E-state index is 0.0210. The van der Waals surface area contributed by atoms with E-state index in [1.807, 2.05) is 6.92 Å². The van der Waals surface area contributed by atoms with Gasteiger partial charge in [-0.3, -0.25) is 4.72 Å². The molecule has 0 aliphatic heterocycles. The first-order valence-electron chi connectivity index (χ1n) is 6.18. The Hall–Kier alpha value is -0.790. The molecule has 21 heavy (non-hydrogen) atoms. The number of anilines is 1. The molecule has 2 rings (SSSR count). The minimum Gasteiger partial charge on any atom is -0.313 e. The summed E-state index contributed by atoms with van der Waals surface area (Å²) < 4.78 is 27.3. The van der Waals surface area contributed by atoms with Gasteiger partial charge in [0.25, 0.3) is 10.0 Å². The Kier molecular flexibility index (Phi) is 5.51. The highest BCUT2D eigenvalue weighted by Gasteiger charge is 2.21. The van der Waals surface area contributed by atoms with E-state index in [-0.39, 0.29) is 9.92 Å². The second-order valence-electron chi connectivity index (χ2n) is 4.24. The van der Waals surface area contributed by atoms with E-state index in [1.54, 1.807) is 22.9 Å². The standard InChI is InChI=1S/C13H14Cl2N2O2S2/c1-2-16-7-10-11(14)3-4-12(13(10)15)21(18,19)17-9-5-6-20-8-9/h3-6,8,16-17H,2,7H2,1H3. The van der Waals surface area contributed by atoms with Gasteiger partial charge in [-0.25, -0.2) is 8.42 Å². The molecule has 2 N–H and O–H groups in total. The van der Waals surface area contributed by atoms with Crippen molar-refractivity contribution in [3.63, 3.8) is 0 Å². The van der Waals surface area contributed by atoms with E-state index < -0.39 is 10.0 Å². The molecule has 0 bridgehead atoms. The highest BCUT2D eigenvalue weighted by Crippen LogP contribution is 2.32. The molecule has 1 heterocycles. The van der Waals surface area contributed by atoms with Crippen molar-refractivity contribution < 1.29 is 8.42 Å². The van der Waals surface area contributed by atoms with Crippen LogP contribution in [-0.2, 0) is 16.6 Å². The van der Waals surface area contributed by atoms with Crippen LogP contribution in [0.1, 0.15) is 12.5 Å². The van der Waals surface area contributed by atoms with Crippen molar-refractivity contribution in [3.05, 3.63) is 44.6 Å². The number of sulfonamides is 1. The van der Waals surface area contributed by atoms with Gasteiger partial charge in [-0.15, -0.1) is 0 Å². The normalized spacial score (nSPS) is 11.6. The van der Waals surface area contributed by atoms with Crippen molar-refractivity contribution >= 4 is 50.2 Å². The Morgan fingerprint density at radius 1 is 1.24 bits per heavy atom. The summed E-state index contributed by atoms with van der Waals surface area (Å²) in [6.07, 6.45) is 0. The summed E-state index contributed by atoms with van der Waals surface area (Å²) in [6, 6.07) is 4.64. The van der Waals surface area contributed by atoms with Crippen LogP contribution >= 0.6 is 34.5 Å². The molecule has 0 atom stereocenters. The first-order valence-corrected chi connectivity index (χ1v) is 9.36. The fourth-order valence-corrected chi connectivity index (χ4v) is 4.35. The van der Waals surface area contributed by atoms with Crippen LogP contribution < -0.4 is 10.0 Å². The lowest BCUT2D eigenvalue weighted by atomic mass is 10.2. The molecule has 0 radical (unpaired) electrons. The SMILES string of the molecule is CCNCc1c(Cl)ccc(S(=O)(=O)Nc2ccsc2)c1Cl. The van der Waals surface area contributed by atoms with E-state index in [2.05, 4.69) is 10.0 Å². The zero-order chi connectivity index (χ0) is 15.5. The summed E-state index contributed by atoms with van der Waals surface area (Å²) in [7, 11) is -3.74. The number of thiophene rings is 1. The summed E-state index contributed by atoms with van der Waals surface area (Å²) in [5.41, 5.74) is 1.09. The second kappa shape index (κ2) is 6.98. The van der Waals surface area contributed by atoms with Gasteiger partial charge in [-0.2, -0.15) is 11.3 Å². The molecular formula is C13H14Cl2N2O2S2. The predicted octanol–water partition coefficient (Wildman–Crippen LogP) is 3.97. The lowest BCUT2D eigenvalue weighted by Crippen LogP contribution is -2.16. The molecule has 0 aliphatic rings. The monoisotopic (exact) mass is 364 g/mol. The molecule has 1 aromatic heterocycles. The first-order chi connectivity index (χ1) is 9.95. The maximum Gasteiger partial charge on any atom is 0.263 e. The van der Waals surface area contributed by atoms with Gasteiger partial charge in [0, 0.05) is 22.5 Å². The summed E-state index contributed by atoms with van der Waals surface area (Å²) in [5.74, 6) is 0. The van der Waals surface area contributed by atoms with Crippen LogP contribution in [0.4, 0.5) is 5.69 Å². The lowest BCUT2D eigenvalue weighted by Gasteiger charge is -2.13. The number of halogens is 2. The largest absolute Gasteiger partial charge is 0.313 e. The molecule has 0 saturated heterocycles. The highest BCUT2D eigenvalue weighted by atomic mass is 35.5. The zero-order valence-electron chi connectivity index (χ0n) is 11.2. The van der Waals surface area contributed by atoms with Gasteiger partial charge in [-0.05, 0) is 30.1 Å². The quantitative estimate of drug-likeness (QED) is 0.815. The van der Waals surface area contributed by atoms with E-state index in [0.717, 1.165) is 6.54 Å². The summed E-state index contributed by atoms with van der Waals surface area (Å²) in [6.45, 7) is 3.09. The third-order valence-corrected chi connectivity index (χ3v) is 5.77. The van der Waals surface area contributed by atoms with Gasteiger partial charge in [0.15, 0.2) is 0 Å². The third kappa shape index (κ3) is 3.90. The molecular weight excluding hydrogens is 351 g/mol. The Morgan fingerprint density at radius 2 is 2.00 bits per heavy atom. The Balaban J connectivity index is 2.39. The molecule has 114 valence electrons. The third-order valence-electron chi connectivity index (χ3n) is 2.77. The van der Waals surface area contributed by atoms with Crippen molar-refractivity contribution in [2.45, 2.75) is 18.4 Å². The van der Waals surface area contributed by atoms with Crippen LogP contribution in [0.2, 0.25) is 10.0 Å². The maximum absolute atomic E-state index is 12.4. The molecule has 0 unspecified atom stereocenters. The van der Waals surface area contributed by atoms with Crippen molar-refractivity contribution in [1.82, 2.24) is 5.32 Å². The average Bonchev–Trinajstić information content (AvgIpc) is 2.90. The fourth-order valence-electron chi connectivity index (χ4n) is 1.73. The zero-order valence-corrected chi connectivity index (χ0v) is 14.3. The number of hydrogen-bond acceptors (Lipinski definition) is 4. The van der Waals surface area contributed by atoms with Crippen molar-refractivity contribution in [2.75, 3.05) is 11.3 Å². The van der Waals surface area contributed by atoms with E-state index >= 15 is 0 Å². The molecule has 0 spiro atoms. The molecule has 2 aromatic rings. The second-order valence-corrected chi connectivity index (χ2v) is 7.45. The smallest absolute Gasteiger partial charge is 0.263 e. The number of nitrogens with one attached hydrogen (secondary N) is 2. The first kappa shape index (κ1) is 16.6. The highest BCUT2D eigenvalue weighted by molar-refractivity contribution is 7.92. The van der Waals surface area contributed by atoms with Gasteiger partial charge in [0.05, 0.1) is 10.7 Å². The van der Waals surface area contributed by atoms with E-state index in [9.17, 15) is 8.42 Å². The molecule has 0 saturated carbocycles. The summed E-state index contributed by atoms with van der Waals surface area (Å²) in [4.78, 5) is 0.0210. The molecule has 4 nitrogen and oxygen atoms in total. The van der Waals surface area contributed by atoms with Crippen LogP contribution in [0.15, 0.2) is 33.9 Å². The van der Waals surface area contributed by atoms with Crippen LogP contribution in [0.25, 0.3) is 0 Å². The van der Waals surface area contributed by atoms with Crippen molar-refractivity contribution in [3.8, 4) is 0 Å². The van der Waals surface area contributed by atoms with E-state index in [1.165, 1.54) is 17.4 Å². The summed E-state index contributed by atoms with van der Waals surface area (Å²) in [5, 5.41) is 7.17. The van der Waals surface area contributed by atoms with E-state index in [4.69, 9.17) is 23.2 Å². The molecule has 0 amide bonds. The molecule has 0 fully saturated rings. The van der Waals surface area contributed by atoms with Crippen LogP contribution in [0, 0.1) is 0 Å². The number of hydrogen-bond donors (Lipinski definition) is 2. The van der Waals surface area contributed by atoms with Crippen LogP contribution in [0.5, 0.6) is 0 Å².